The summed E-state index contributed by atoms with van der Waals surface area (Å²) >= 11 is 0. The second kappa shape index (κ2) is 3.75. The number of nitrogens with zero attached hydrogens (tertiary/aromatic N) is 1. The van der Waals surface area contributed by atoms with Crippen LogP contribution < -0.4 is 5.32 Å². The van der Waals surface area contributed by atoms with Crippen LogP contribution in [0.5, 0.6) is 0 Å². The van der Waals surface area contributed by atoms with Gasteiger partial charge >= 0.3 is 0 Å². The van der Waals surface area contributed by atoms with Crippen LogP contribution >= 0.6 is 0 Å². The number of hydrogen-bond donors (Lipinski definition) is 1. The molecule has 2 heterocycles. The van der Waals surface area contributed by atoms with Crippen molar-refractivity contribution in [1.82, 2.24) is 10.2 Å². The fraction of sp³-hybridized carbons (Fsp3) is 0.636. The molecule has 3 heteroatoms. The third-order valence-corrected chi connectivity index (χ3v) is 3.17. The molecule has 0 aliphatic carbocycles. The first-order valence-corrected chi connectivity index (χ1v) is 5.14. The van der Waals surface area contributed by atoms with Gasteiger partial charge in [0, 0.05) is 18.5 Å². The van der Waals surface area contributed by atoms with Gasteiger partial charge in [-0.1, -0.05) is 0 Å². The maximum absolute atomic E-state index is 5.40. The van der Waals surface area contributed by atoms with Gasteiger partial charge in [-0.05, 0) is 39.2 Å². The summed E-state index contributed by atoms with van der Waals surface area (Å²) in [4.78, 5) is 2.36. The molecule has 3 nitrogen and oxygen atoms in total. The third-order valence-electron chi connectivity index (χ3n) is 3.17. The lowest BCUT2D eigenvalue weighted by Gasteiger charge is -2.27. The summed E-state index contributed by atoms with van der Waals surface area (Å²) in [5, 5.41) is 3.44. The number of hydrogen-bond acceptors (Lipinski definition) is 3. The van der Waals surface area contributed by atoms with Crippen molar-refractivity contribution in [2.45, 2.75) is 18.4 Å². The molecule has 0 bridgehead atoms. The van der Waals surface area contributed by atoms with Crippen LogP contribution in [-0.4, -0.2) is 37.6 Å². The summed E-state index contributed by atoms with van der Waals surface area (Å²) < 4.78 is 5.40. The Labute approximate surface area is 85.1 Å². The molecule has 1 atom stereocenters. The summed E-state index contributed by atoms with van der Waals surface area (Å²) in [6, 6.07) is 4.01. The molecule has 78 valence electrons. The second-order valence-electron chi connectivity index (χ2n) is 4.27. The van der Waals surface area contributed by atoms with Gasteiger partial charge in [-0.25, -0.2) is 0 Å². The zero-order valence-electron chi connectivity index (χ0n) is 8.92. The number of nitrogens with one attached hydrogen (secondary N) is 1. The monoisotopic (exact) mass is 194 g/mol. The summed E-state index contributed by atoms with van der Waals surface area (Å²) in [6.45, 7) is 2.27. The number of furan rings is 1. The maximum atomic E-state index is 5.40. The van der Waals surface area contributed by atoms with Crippen LogP contribution in [-0.2, 0) is 6.42 Å². The quantitative estimate of drug-likeness (QED) is 0.781. The lowest BCUT2D eigenvalue weighted by atomic mass is 9.93. The first-order valence-electron chi connectivity index (χ1n) is 5.14. The Morgan fingerprint density at radius 1 is 1.64 bits per heavy atom. The van der Waals surface area contributed by atoms with Gasteiger partial charge in [0.05, 0.1) is 6.26 Å². The van der Waals surface area contributed by atoms with E-state index in [9.17, 15) is 0 Å². The Kier molecular flexibility index (Phi) is 2.61. The molecule has 0 saturated carbocycles. The Hall–Kier alpha value is -0.800. The molecule has 1 aliphatic rings. The number of likely N-dealkylation sites (N-methyl/N-ethyl adjacent to an activating group) is 2. The first-order chi connectivity index (χ1) is 6.74. The second-order valence-corrected chi connectivity index (χ2v) is 4.27. The van der Waals surface area contributed by atoms with Gasteiger partial charge in [0.2, 0.25) is 0 Å². The van der Waals surface area contributed by atoms with Crippen LogP contribution in [0.15, 0.2) is 22.8 Å². The van der Waals surface area contributed by atoms with Crippen molar-refractivity contribution >= 4 is 0 Å². The SMILES string of the molecule is CNC1(Cc2ccco2)CCN(C)C1. The van der Waals surface area contributed by atoms with Gasteiger partial charge in [-0.15, -0.1) is 0 Å². The summed E-state index contributed by atoms with van der Waals surface area (Å²) in [6.07, 6.45) is 3.93. The van der Waals surface area contributed by atoms with E-state index in [1.54, 1.807) is 6.26 Å². The van der Waals surface area contributed by atoms with E-state index in [1.807, 2.05) is 13.1 Å². The summed E-state index contributed by atoms with van der Waals surface area (Å²) in [7, 11) is 4.21. The van der Waals surface area contributed by atoms with Crippen molar-refractivity contribution < 1.29 is 4.42 Å². The molecule has 1 saturated heterocycles. The first kappa shape index (κ1) is 9.74. The van der Waals surface area contributed by atoms with E-state index in [1.165, 1.54) is 13.0 Å². The molecule has 2 rings (SSSR count). The van der Waals surface area contributed by atoms with Gasteiger partial charge in [-0.2, -0.15) is 0 Å². The highest BCUT2D eigenvalue weighted by Crippen LogP contribution is 2.24. The summed E-state index contributed by atoms with van der Waals surface area (Å²) in [5.74, 6) is 1.08. The van der Waals surface area contributed by atoms with Gasteiger partial charge in [0.1, 0.15) is 5.76 Å². The number of rotatable bonds is 3. The lowest BCUT2D eigenvalue weighted by Crippen LogP contribution is -2.46. The van der Waals surface area contributed by atoms with E-state index in [2.05, 4.69) is 23.3 Å². The normalized spacial score (nSPS) is 28.4. The molecule has 1 aromatic rings. The predicted molar refractivity (Wildman–Crippen MR) is 56.3 cm³/mol. The van der Waals surface area contributed by atoms with Crippen molar-refractivity contribution in [3.05, 3.63) is 24.2 Å². The van der Waals surface area contributed by atoms with Crippen LogP contribution in [0.2, 0.25) is 0 Å². The van der Waals surface area contributed by atoms with Gasteiger partial charge in [0.15, 0.2) is 0 Å². The van der Waals surface area contributed by atoms with Crippen molar-refractivity contribution in [2.24, 2.45) is 0 Å². The highest BCUT2D eigenvalue weighted by atomic mass is 16.3. The minimum absolute atomic E-state index is 0.215. The topological polar surface area (TPSA) is 28.4 Å². The van der Waals surface area contributed by atoms with Gasteiger partial charge in [0.25, 0.3) is 0 Å². The molecule has 0 spiro atoms. The molecule has 0 aromatic carbocycles. The Morgan fingerprint density at radius 2 is 2.50 bits per heavy atom. The molecule has 1 unspecified atom stereocenters. The molecule has 1 aliphatic heterocycles. The van der Waals surface area contributed by atoms with E-state index >= 15 is 0 Å². The fourth-order valence-electron chi connectivity index (χ4n) is 2.26. The van der Waals surface area contributed by atoms with Gasteiger partial charge in [-0.3, -0.25) is 0 Å². The van der Waals surface area contributed by atoms with Crippen molar-refractivity contribution in [3.63, 3.8) is 0 Å². The van der Waals surface area contributed by atoms with Crippen LogP contribution in [0.1, 0.15) is 12.2 Å². The Balaban J connectivity index is 2.06. The zero-order chi connectivity index (χ0) is 10.0. The van der Waals surface area contributed by atoms with Gasteiger partial charge < -0.3 is 14.6 Å². The van der Waals surface area contributed by atoms with E-state index in [0.717, 1.165) is 18.7 Å². The van der Waals surface area contributed by atoms with Crippen LogP contribution in [0.3, 0.4) is 0 Å². The van der Waals surface area contributed by atoms with E-state index < -0.39 is 0 Å². The van der Waals surface area contributed by atoms with Crippen LogP contribution in [0.4, 0.5) is 0 Å². The smallest absolute Gasteiger partial charge is 0.105 e. The average molecular weight is 194 g/mol. The highest BCUT2D eigenvalue weighted by Gasteiger charge is 2.35. The Bertz CT molecular complexity index is 283. The third kappa shape index (κ3) is 1.83. The van der Waals surface area contributed by atoms with E-state index in [0.29, 0.717) is 0 Å². The molecule has 0 amide bonds. The predicted octanol–water partition coefficient (Wildman–Crippen LogP) is 1.12. The standard InChI is InChI=1S/C11H18N2O/c1-12-11(5-6-13(2)9-11)8-10-4-3-7-14-10/h3-4,7,12H,5-6,8-9H2,1-2H3. The van der Waals surface area contributed by atoms with Crippen LogP contribution in [0, 0.1) is 0 Å². The molecule has 14 heavy (non-hydrogen) atoms. The summed E-state index contributed by atoms with van der Waals surface area (Å²) in [5.41, 5.74) is 0.215. The molecule has 1 fully saturated rings. The average Bonchev–Trinajstić information content (AvgIpc) is 2.77. The highest BCUT2D eigenvalue weighted by molar-refractivity contribution is 5.08. The van der Waals surface area contributed by atoms with E-state index in [4.69, 9.17) is 4.42 Å². The lowest BCUT2D eigenvalue weighted by molar-refractivity contribution is 0.308. The van der Waals surface area contributed by atoms with Crippen molar-refractivity contribution in [3.8, 4) is 0 Å². The number of likely N-dealkylation sites (tertiary alicyclic amines) is 1. The Morgan fingerprint density at radius 3 is 3.00 bits per heavy atom. The molecule has 1 N–H and O–H groups in total. The van der Waals surface area contributed by atoms with Crippen molar-refractivity contribution in [2.75, 3.05) is 27.2 Å². The van der Waals surface area contributed by atoms with Crippen LogP contribution in [0.25, 0.3) is 0 Å². The van der Waals surface area contributed by atoms with E-state index in [-0.39, 0.29) is 5.54 Å². The molecular weight excluding hydrogens is 176 g/mol. The minimum atomic E-state index is 0.215. The maximum Gasteiger partial charge on any atom is 0.105 e. The fourth-order valence-corrected chi connectivity index (χ4v) is 2.26. The molecular formula is C11H18N2O. The largest absolute Gasteiger partial charge is 0.469 e. The molecule has 0 radical (unpaired) electrons. The zero-order valence-corrected chi connectivity index (χ0v) is 8.92. The minimum Gasteiger partial charge on any atom is -0.469 e. The molecule has 1 aromatic heterocycles. The van der Waals surface area contributed by atoms with Crippen molar-refractivity contribution in [1.29, 1.82) is 0 Å².